The number of hydrogen-bond donors (Lipinski definition) is 0. The Kier molecular flexibility index (Phi) is 4.19. The van der Waals surface area contributed by atoms with Crippen LogP contribution in [0.25, 0.3) is 0 Å². The summed E-state index contributed by atoms with van der Waals surface area (Å²) in [6, 6.07) is 0. The molecule has 0 aromatic heterocycles. The van der Waals surface area contributed by atoms with Gasteiger partial charge in [0.2, 0.25) is 6.54 Å². The van der Waals surface area contributed by atoms with Gasteiger partial charge in [0.15, 0.2) is 5.03 Å². The van der Waals surface area contributed by atoms with E-state index in [1.807, 2.05) is 0 Å². The molecular formula is C4H8N4O6. The highest BCUT2D eigenvalue weighted by molar-refractivity contribution is 4.46. The maximum absolute atomic E-state index is 10.2. The summed E-state index contributed by atoms with van der Waals surface area (Å²) in [5, 5.41) is 30.0. The first kappa shape index (κ1) is 12.0. The van der Waals surface area contributed by atoms with E-state index >= 15 is 0 Å². The zero-order chi connectivity index (χ0) is 11.3. The van der Waals surface area contributed by atoms with Crippen LogP contribution in [0.15, 0.2) is 0 Å². The van der Waals surface area contributed by atoms with Crippen LogP contribution in [-0.4, -0.2) is 39.1 Å². The van der Waals surface area contributed by atoms with Crippen molar-refractivity contribution in [2.24, 2.45) is 0 Å². The summed E-state index contributed by atoms with van der Waals surface area (Å²) < 4.78 is 0. The first-order chi connectivity index (χ1) is 6.40. The van der Waals surface area contributed by atoms with E-state index in [0.717, 1.165) is 0 Å². The molecule has 0 fully saturated rings. The molecule has 0 N–H and O–H groups in total. The fraction of sp³-hybridized carbons (Fsp3) is 1.00. The second-order valence-corrected chi connectivity index (χ2v) is 2.29. The zero-order valence-corrected chi connectivity index (χ0v) is 7.23. The maximum atomic E-state index is 10.2. The predicted molar refractivity (Wildman–Crippen MR) is 42.0 cm³/mol. The summed E-state index contributed by atoms with van der Waals surface area (Å²) in [4.78, 5) is 28.1. The lowest BCUT2D eigenvalue weighted by Crippen LogP contribution is -2.43. The molecular weight excluding hydrogens is 200 g/mol. The summed E-state index contributed by atoms with van der Waals surface area (Å²) in [6.45, 7) is 0.397. The molecule has 0 bridgehead atoms. The SMILES string of the molecule is CCN(CC([N+](=O)[O-])[N+](=O)[O-])[N+](=O)[O-]. The molecule has 0 heterocycles. The van der Waals surface area contributed by atoms with Crippen LogP contribution in [0.4, 0.5) is 0 Å². The summed E-state index contributed by atoms with van der Waals surface area (Å²) in [5.41, 5.74) is 0. The standard InChI is InChI=1S/C4H8N4O6/c1-2-5(8(13)14)3-4(6(9)10)7(11)12/h4H,2-3H2,1H3. The summed E-state index contributed by atoms with van der Waals surface area (Å²) in [6.07, 6.45) is -2.17. The number of hydrogen-bond acceptors (Lipinski definition) is 6. The molecule has 10 heteroatoms. The first-order valence-electron chi connectivity index (χ1n) is 3.56. The Morgan fingerprint density at radius 3 is 1.79 bits per heavy atom. The molecule has 0 atom stereocenters. The van der Waals surface area contributed by atoms with Crippen molar-refractivity contribution in [3.63, 3.8) is 0 Å². The third kappa shape index (κ3) is 3.16. The quantitative estimate of drug-likeness (QED) is 0.322. The third-order valence-corrected chi connectivity index (χ3v) is 1.46. The van der Waals surface area contributed by atoms with Gasteiger partial charge in [-0.05, 0) is 6.92 Å². The van der Waals surface area contributed by atoms with Gasteiger partial charge in [0.1, 0.15) is 0 Å². The van der Waals surface area contributed by atoms with E-state index in [9.17, 15) is 30.3 Å². The number of hydrazine groups is 1. The molecule has 0 spiro atoms. The van der Waals surface area contributed by atoms with Gasteiger partial charge in [-0.2, -0.15) is 0 Å². The molecule has 80 valence electrons. The van der Waals surface area contributed by atoms with E-state index in [-0.39, 0.29) is 6.54 Å². The second-order valence-electron chi connectivity index (χ2n) is 2.29. The Bertz CT molecular complexity index is 240. The Morgan fingerprint density at radius 2 is 1.57 bits per heavy atom. The minimum Gasteiger partial charge on any atom is -0.258 e. The van der Waals surface area contributed by atoms with Crippen LogP contribution in [0.3, 0.4) is 0 Å². The van der Waals surface area contributed by atoms with E-state index in [2.05, 4.69) is 0 Å². The molecule has 0 radical (unpaired) electrons. The molecule has 0 aromatic carbocycles. The Balaban J connectivity index is 4.49. The Labute approximate surface area is 77.5 Å². The van der Waals surface area contributed by atoms with Crippen LogP contribution in [0, 0.1) is 30.3 Å². The predicted octanol–water partition coefficient (Wildman–Crippen LogP) is -0.620. The fourth-order valence-corrected chi connectivity index (χ4v) is 0.710. The van der Waals surface area contributed by atoms with E-state index in [1.165, 1.54) is 6.92 Å². The van der Waals surface area contributed by atoms with Crippen LogP contribution < -0.4 is 0 Å². The number of nitro groups is 3. The highest BCUT2D eigenvalue weighted by Gasteiger charge is 2.37. The lowest BCUT2D eigenvalue weighted by Gasteiger charge is -2.10. The van der Waals surface area contributed by atoms with E-state index in [4.69, 9.17) is 0 Å². The molecule has 0 aliphatic rings. The van der Waals surface area contributed by atoms with Crippen LogP contribution >= 0.6 is 0 Å². The van der Waals surface area contributed by atoms with E-state index in [1.54, 1.807) is 0 Å². The van der Waals surface area contributed by atoms with Crippen LogP contribution in [0.1, 0.15) is 6.92 Å². The summed E-state index contributed by atoms with van der Waals surface area (Å²) in [5.74, 6) is 0. The van der Waals surface area contributed by atoms with Crippen molar-refractivity contribution in [3.8, 4) is 0 Å². The molecule has 0 amide bonds. The minimum atomic E-state index is -2.17. The van der Waals surface area contributed by atoms with Gasteiger partial charge in [-0.1, -0.05) is 0 Å². The number of rotatable bonds is 6. The second kappa shape index (κ2) is 4.89. The van der Waals surface area contributed by atoms with Crippen molar-refractivity contribution in [1.82, 2.24) is 5.01 Å². The highest BCUT2D eigenvalue weighted by atomic mass is 16.7. The van der Waals surface area contributed by atoms with Crippen LogP contribution in [-0.2, 0) is 0 Å². The van der Waals surface area contributed by atoms with Gasteiger partial charge < -0.3 is 0 Å². The molecule has 0 aliphatic heterocycles. The largest absolute Gasteiger partial charge is 0.473 e. The highest BCUT2D eigenvalue weighted by Crippen LogP contribution is 1.97. The Morgan fingerprint density at radius 1 is 1.14 bits per heavy atom. The van der Waals surface area contributed by atoms with E-state index in [0.29, 0.717) is 5.01 Å². The topological polar surface area (TPSA) is 133 Å². The van der Waals surface area contributed by atoms with Crippen molar-refractivity contribution < 1.29 is 14.9 Å². The van der Waals surface area contributed by atoms with Gasteiger partial charge >= 0.3 is 6.17 Å². The molecule has 14 heavy (non-hydrogen) atoms. The van der Waals surface area contributed by atoms with Gasteiger partial charge in [0.05, 0.1) is 16.4 Å². The molecule has 0 rings (SSSR count). The van der Waals surface area contributed by atoms with Gasteiger partial charge in [-0.15, -0.1) is 5.01 Å². The molecule has 0 unspecified atom stereocenters. The normalized spacial score (nSPS) is 9.86. The monoisotopic (exact) mass is 208 g/mol. The molecule has 0 saturated carbocycles. The van der Waals surface area contributed by atoms with Crippen LogP contribution in [0.2, 0.25) is 0 Å². The van der Waals surface area contributed by atoms with Crippen LogP contribution in [0.5, 0.6) is 0 Å². The van der Waals surface area contributed by atoms with Crippen molar-refractivity contribution in [2.75, 3.05) is 13.1 Å². The first-order valence-corrected chi connectivity index (χ1v) is 3.56. The van der Waals surface area contributed by atoms with Crippen molar-refractivity contribution in [1.29, 1.82) is 0 Å². The number of likely N-dealkylation sites (N-methyl/N-ethyl adjacent to an activating group) is 1. The molecule has 0 aliphatic carbocycles. The van der Waals surface area contributed by atoms with Gasteiger partial charge in [0.25, 0.3) is 0 Å². The molecule has 10 nitrogen and oxygen atoms in total. The van der Waals surface area contributed by atoms with Gasteiger partial charge in [-0.3, -0.25) is 20.2 Å². The third-order valence-electron chi connectivity index (χ3n) is 1.46. The Hall–Kier alpha value is -2.00. The van der Waals surface area contributed by atoms with Crippen molar-refractivity contribution in [3.05, 3.63) is 30.3 Å². The average molecular weight is 208 g/mol. The lowest BCUT2D eigenvalue weighted by molar-refractivity contribution is -0.760. The number of nitrogens with zero attached hydrogens (tertiary/aromatic N) is 4. The van der Waals surface area contributed by atoms with Gasteiger partial charge in [0, 0.05) is 0 Å². The molecule has 0 aromatic rings. The lowest BCUT2D eigenvalue weighted by atomic mass is 10.5. The van der Waals surface area contributed by atoms with Gasteiger partial charge in [-0.25, -0.2) is 10.1 Å². The van der Waals surface area contributed by atoms with E-state index < -0.39 is 27.6 Å². The molecule has 0 saturated heterocycles. The zero-order valence-electron chi connectivity index (χ0n) is 7.23. The summed E-state index contributed by atoms with van der Waals surface area (Å²) in [7, 11) is 0. The summed E-state index contributed by atoms with van der Waals surface area (Å²) >= 11 is 0. The smallest absolute Gasteiger partial charge is 0.258 e. The average Bonchev–Trinajstić information content (AvgIpc) is 2.03. The minimum absolute atomic E-state index is 0.134. The van der Waals surface area contributed by atoms with Crippen molar-refractivity contribution >= 4 is 0 Å². The van der Waals surface area contributed by atoms with Crippen molar-refractivity contribution in [2.45, 2.75) is 13.1 Å². The maximum Gasteiger partial charge on any atom is 0.473 e. The fourth-order valence-electron chi connectivity index (χ4n) is 0.710.